The zero-order valence-electron chi connectivity index (χ0n) is 14.8. The second kappa shape index (κ2) is 6.53. The van der Waals surface area contributed by atoms with E-state index in [-0.39, 0.29) is 31.6 Å². The van der Waals surface area contributed by atoms with Crippen LogP contribution >= 0.6 is 0 Å². The number of benzene rings is 1. The monoisotopic (exact) mass is 372 g/mol. The van der Waals surface area contributed by atoms with Gasteiger partial charge in [0, 0.05) is 24.6 Å². The normalized spacial score (nSPS) is 23.1. The molecule has 4 rings (SSSR count). The predicted octanol–water partition coefficient (Wildman–Crippen LogP) is 2.06. The first-order valence-corrected chi connectivity index (χ1v) is 8.63. The van der Waals surface area contributed by atoms with Gasteiger partial charge in [-0.15, -0.1) is 0 Å². The van der Waals surface area contributed by atoms with E-state index in [0.717, 1.165) is 5.56 Å². The fraction of sp³-hybridized carbons (Fsp3) is 0.368. The van der Waals surface area contributed by atoms with Gasteiger partial charge in [0.25, 0.3) is 0 Å². The van der Waals surface area contributed by atoms with Gasteiger partial charge in [0.2, 0.25) is 0 Å². The van der Waals surface area contributed by atoms with Crippen LogP contribution in [0.4, 0.5) is 4.79 Å². The topological polar surface area (TPSA) is 101 Å². The van der Waals surface area contributed by atoms with Gasteiger partial charge < -0.3 is 29.2 Å². The summed E-state index contributed by atoms with van der Waals surface area (Å²) in [4.78, 5) is 26.3. The summed E-state index contributed by atoms with van der Waals surface area (Å²) in [6.07, 6.45) is 1.53. The highest BCUT2D eigenvalue weighted by molar-refractivity contribution is 5.82. The number of hydrogen-bond donors (Lipinski definition) is 2. The molecule has 3 heterocycles. The number of aliphatic carboxylic acids is 1. The van der Waals surface area contributed by atoms with Gasteiger partial charge in [-0.2, -0.15) is 0 Å². The Hall–Kier alpha value is -3.16. The number of likely N-dealkylation sites (tertiary alicyclic amines) is 1. The van der Waals surface area contributed by atoms with E-state index in [1.165, 1.54) is 11.2 Å². The molecule has 2 aliphatic rings. The maximum absolute atomic E-state index is 12.6. The number of ether oxygens (including phenoxy) is 2. The number of methoxy groups -OCH3 is 1. The van der Waals surface area contributed by atoms with E-state index in [1.807, 2.05) is 6.07 Å². The van der Waals surface area contributed by atoms with E-state index in [1.54, 1.807) is 31.4 Å². The number of para-hydroxylation sites is 1. The molecule has 0 unspecified atom stereocenters. The van der Waals surface area contributed by atoms with E-state index in [0.29, 0.717) is 23.8 Å². The fourth-order valence-electron chi connectivity index (χ4n) is 3.90. The Kier molecular flexibility index (Phi) is 4.18. The van der Waals surface area contributed by atoms with Crippen molar-refractivity contribution in [2.45, 2.75) is 12.5 Å². The fourth-order valence-corrected chi connectivity index (χ4v) is 3.90. The summed E-state index contributed by atoms with van der Waals surface area (Å²) in [7, 11) is 1.54. The van der Waals surface area contributed by atoms with Gasteiger partial charge in [0.1, 0.15) is 17.8 Å². The summed E-state index contributed by atoms with van der Waals surface area (Å²) >= 11 is 0. The molecule has 2 aromatic rings. The lowest BCUT2D eigenvalue weighted by Crippen LogP contribution is -2.47. The molecule has 0 spiro atoms. The summed E-state index contributed by atoms with van der Waals surface area (Å²) < 4.78 is 16.3. The maximum atomic E-state index is 12.6. The van der Waals surface area contributed by atoms with Crippen LogP contribution < -0.4 is 14.8 Å². The van der Waals surface area contributed by atoms with Crippen molar-refractivity contribution in [3.63, 3.8) is 0 Å². The van der Waals surface area contributed by atoms with Crippen LogP contribution in [0.1, 0.15) is 17.2 Å². The average Bonchev–Trinajstić information content (AvgIpc) is 3.33. The Bertz CT molecular complexity index is 865. The van der Waals surface area contributed by atoms with Crippen LogP contribution in [0.5, 0.6) is 11.5 Å². The van der Waals surface area contributed by atoms with Gasteiger partial charge in [0.05, 0.1) is 19.9 Å². The van der Waals surface area contributed by atoms with Gasteiger partial charge >= 0.3 is 12.0 Å². The highest BCUT2D eigenvalue weighted by Crippen LogP contribution is 2.52. The van der Waals surface area contributed by atoms with Crippen molar-refractivity contribution in [1.29, 1.82) is 0 Å². The van der Waals surface area contributed by atoms with E-state index in [2.05, 4.69) is 5.32 Å². The molecule has 1 aromatic heterocycles. The summed E-state index contributed by atoms with van der Waals surface area (Å²) in [5.41, 5.74) is -0.425. The molecule has 0 saturated carbocycles. The van der Waals surface area contributed by atoms with Crippen molar-refractivity contribution in [1.82, 2.24) is 10.2 Å². The molecule has 27 heavy (non-hydrogen) atoms. The number of hydrogen-bond acceptors (Lipinski definition) is 5. The molecule has 2 N–H and O–H groups in total. The first kappa shape index (κ1) is 17.3. The van der Waals surface area contributed by atoms with Crippen LogP contribution in [-0.4, -0.2) is 48.8 Å². The van der Waals surface area contributed by atoms with Crippen molar-refractivity contribution >= 4 is 12.0 Å². The van der Waals surface area contributed by atoms with Gasteiger partial charge in [-0.25, -0.2) is 4.79 Å². The summed E-state index contributed by atoms with van der Waals surface area (Å²) in [6.45, 7) is 0.601. The average molecular weight is 372 g/mol. The molecule has 2 amide bonds. The first-order chi connectivity index (χ1) is 13.0. The third-order valence-electron chi connectivity index (χ3n) is 5.33. The number of fused-ring (bicyclic) bond motifs is 3. The van der Waals surface area contributed by atoms with Crippen LogP contribution in [0.25, 0.3) is 0 Å². The highest BCUT2D eigenvalue weighted by Gasteiger charge is 2.58. The van der Waals surface area contributed by atoms with Crippen molar-refractivity contribution in [3.05, 3.63) is 47.9 Å². The minimum absolute atomic E-state index is 0.0116. The van der Waals surface area contributed by atoms with E-state index in [9.17, 15) is 14.7 Å². The third-order valence-corrected chi connectivity index (χ3v) is 5.33. The number of carbonyl (C=O) groups excluding carboxylic acids is 1. The lowest BCUT2D eigenvalue weighted by molar-refractivity contribution is -0.151. The number of rotatable bonds is 4. The van der Waals surface area contributed by atoms with Gasteiger partial charge in [-0.3, -0.25) is 4.79 Å². The highest BCUT2D eigenvalue weighted by atomic mass is 16.5. The van der Waals surface area contributed by atoms with Crippen LogP contribution in [0, 0.1) is 5.41 Å². The Labute approximate surface area is 155 Å². The lowest BCUT2D eigenvalue weighted by Gasteiger charge is -2.36. The quantitative estimate of drug-likeness (QED) is 0.852. The minimum Gasteiger partial charge on any atom is -0.493 e. The Morgan fingerprint density at radius 1 is 1.37 bits per heavy atom. The van der Waals surface area contributed by atoms with Crippen molar-refractivity contribution < 1.29 is 28.6 Å². The number of carbonyl (C=O) groups is 2. The number of amides is 2. The molecule has 0 aliphatic carbocycles. The Balaban J connectivity index is 1.59. The van der Waals surface area contributed by atoms with Gasteiger partial charge in [0.15, 0.2) is 11.5 Å². The van der Waals surface area contributed by atoms with Crippen LogP contribution in [0.3, 0.4) is 0 Å². The van der Waals surface area contributed by atoms with Gasteiger partial charge in [-0.1, -0.05) is 12.1 Å². The minimum atomic E-state index is -1.18. The molecule has 2 aliphatic heterocycles. The summed E-state index contributed by atoms with van der Waals surface area (Å²) in [6, 6.07) is 8.59. The molecule has 142 valence electrons. The largest absolute Gasteiger partial charge is 0.493 e. The number of carboxylic acid groups (broad SMARTS) is 1. The number of furan rings is 1. The molecule has 8 nitrogen and oxygen atoms in total. The van der Waals surface area contributed by atoms with Gasteiger partial charge in [-0.05, 0) is 18.2 Å². The number of urea groups is 1. The Morgan fingerprint density at radius 2 is 2.22 bits per heavy atom. The second-order valence-corrected chi connectivity index (χ2v) is 6.80. The predicted molar refractivity (Wildman–Crippen MR) is 93.8 cm³/mol. The van der Waals surface area contributed by atoms with Crippen molar-refractivity contribution in [2.24, 2.45) is 5.41 Å². The van der Waals surface area contributed by atoms with Crippen molar-refractivity contribution in [3.8, 4) is 11.5 Å². The molecule has 2 atom stereocenters. The molecule has 0 bridgehead atoms. The van der Waals surface area contributed by atoms with Crippen molar-refractivity contribution in [2.75, 3.05) is 26.8 Å². The molecular formula is C19H20N2O6. The second-order valence-electron chi connectivity index (χ2n) is 6.80. The molecule has 1 aromatic carbocycles. The van der Waals surface area contributed by atoms with Crippen LogP contribution in [0.15, 0.2) is 41.0 Å². The SMILES string of the molecule is COc1cccc2c1OC[C@]1(C(=O)O)CN(C(=O)NCc3ccco3)C[C@H]21. The standard InChI is InChI=1S/C19H20N2O6/c1-25-15-6-2-5-13-14-9-21(18(24)20-8-12-4-3-7-26-12)10-19(14,17(22)23)11-27-16(13)15/h2-7,14H,8-11H2,1H3,(H,20,24)(H,22,23)/t14-,19-/m1/s1. The molecule has 1 saturated heterocycles. The lowest BCUT2D eigenvalue weighted by atomic mass is 9.73. The van der Waals surface area contributed by atoms with Crippen LogP contribution in [0.2, 0.25) is 0 Å². The van der Waals surface area contributed by atoms with E-state index in [4.69, 9.17) is 13.9 Å². The van der Waals surface area contributed by atoms with E-state index < -0.39 is 11.4 Å². The number of nitrogens with zero attached hydrogens (tertiary/aromatic N) is 1. The third kappa shape index (κ3) is 2.77. The summed E-state index contributed by atoms with van der Waals surface area (Å²) in [5, 5.41) is 12.7. The molecule has 0 radical (unpaired) electrons. The van der Waals surface area contributed by atoms with E-state index >= 15 is 0 Å². The Morgan fingerprint density at radius 3 is 2.93 bits per heavy atom. The molecule has 1 fully saturated rings. The maximum Gasteiger partial charge on any atom is 0.317 e. The first-order valence-electron chi connectivity index (χ1n) is 8.63. The van der Waals surface area contributed by atoms with Crippen LogP contribution in [-0.2, 0) is 11.3 Å². The number of carboxylic acids is 1. The molecular weight excluding hydrogens is 352 g/mol. The summed E-state index contributed by atoms with van der Waals surface area (Å²) in [5.74, 6) is 0.406. The zero-order valence-corrected chi connectivity index (χ0v) is 14.8. The smallest absolute Gasteiger partial charge is 0.317 e. The molecule has 8 heteroatoms. The zero-order chi connectivity index (χ0) is 19.0. The number of nitrogens with one attached hydrogen (secondary N) is 1.